The molecule has 0 saturated carbocycles. The highest BCUT2D eigenvalue weighted by atomic mass is 28.3. The molecule has 280 valence electrons. The number of fused-ring (bicyclic) bond motifs is 10. The number of para-hydroxylation sites is 4. The Balaban J connectivity index is 1.27. The Bertz CT molecular complexity index is 3270. The van der Waals surface area contributed by atoms with E-state index in [4.69, 9.17) is 14.4 Å². The highest BCUT2D eigenvalue weighted by molar-refractivity contribution is 7.01. The molecule has 0 fully saturated rings. The molecule has 58 heavy (non-hydrogen) atoms. The zero-order valence-corrected chi connectivity index (χ0v) is 33.9. The van der Waals surface area contributed by atoms with Crippen LogP contribution < -0.4 is 15.3 Å². The Morgan fingerprint density at radius 2 is 1.10 bits per heavy atom. The van der Waals surface area contributed by atoms with Crippen LogP contribution in [0.25, 0.3) is 55.1 Å². The van der Waals surface area contributed by atoms with Crippen molar-refractivity contribution in [1.82, 2.24) is 18.4 Å². The molecule has 0 spiro atoms. The first-order chi connectivity index (χ1) is 28.2. The number of benzene rings is 7. The largest absolute Gasteiger partial charge is 0.454 e. The summed E-state index contributed by atoms with van der Waals surface area (Å²) >= 11 is 0. The van der Waals surface area contributed by atoms with Crippen LogP contribution in [-0.4, -0.2) is 26.8 Å². The number of furan rings is 1. The molecule has 1 atom stereocenters. The van der Waals surface area contributed by atoms with Gasteiger partial charge in [-0.1, -0.05) is 155 Å². The minimum absolute atomic E-state index is 0.00683. The normalized spacial score (nSPS) is 17.9. The SMILES string of the molecule is CC1(C)CC(C)(C)c2cc3c(cc21)nc1n3[Si](c2ccccc2)(c2ccc(-c3ccccc3)cc2)n2c(nc3ccccc32)N1c1cccc2c1oc1ccccc12. The predicted octanol–water partition coefficient (Wildman–Crippen LogP) is 11.3. The van der Waals surface area contributed by atoms with Crippen LogP contribution in [0.15, 0.2) is 168 Å². The molecule has 0 N–H and O–H groups in total. The van der Waals surface area contributed by atoms with Crippen molar-refractivity contribution >= 4 is 80.4 Å². The lowest BCUT2D eigenvalue weighted by Gasteiger charge is -2.43. The average molecular weight is 768 g/mol. The van der Waals surface area contributed by atoms with Gasteiger partial charge in [-0.2, -0.15) is 0 Å². The highest BCUT2D eigenvalue weighted by Crippen LogP contribution is 2.53. The molecule has 1 unspecified atom stereocenters. The van der Waals surface area contributed by atoms with Crippen LogP contribution in [0, 0.1) is 0 Å². The highest BCUT2D eigenvalue weighted by Gasteiger charge is 2.54. The minimum atomic E-state index is -3.38. The van der Waals surface area contributed by atoms with E-state index in [0.29, 0.717) is 0 Å². The number of nitrogens with zero attached hydrogens (tertiary/aromatic N) is 5. The third kappa shape index (κ3) is 4.42. The van der Waals surface area contributed by atoms with Gasteiger partial charge in [0.1, 0.15) is 5.58 Å². The molecule has 10 aromatic rings. The van der Waals surface area contributed by atoms with Crippen LogP contribution in [0.4, 0.5) is 17.6 Å². The fourth-order valence-electron chi connectivity index (χ4n) is 10.7. The molecule has 2 aliphatic rings. The number of imidazole rings is 2. The zero-order chi connectivity index (χ0) is 39.0. The van der Waals surface area contributed by atoms with E-state index in [1.54, 1.807) is 0 Å². The van der Waals surface area contributed by atoms with Gasteiger partial charge < -0.3 is 12.9 Å². The summed E-state index contributed by atoms with van der Waals surface area (Å²) in [6, 6.07) is 59.4. The Hall–Kier alpha value is -6.70. The van der Waals surface area contributed by atoms with Crippen LogP contribution in [0.1, 0.15) is 45.2 Å². The molecule has 3 aromatic heterocycles. The minimum Gasteiger partial charge on any atom is -0.454 e. The van der Waals surface area contributed by atoms with E-state index in [0.717, 1.165) is 68.0 Å². The van der Waals surface area contributed by atoms with E-state index >= 15 is 0 Å². The maximum atomic E-state index is 6.81. The van der Waals surface area contributed by atoms with Gasteiger partial charge in [-0.05, 0) is 86.3 Å². The maximum Gasteiger partial charge on any atom is 0.345 e. The smallest absolute Gasteiger partial charge is 0.345 e. The summed E-state index contributed by atoms with van der Waals surface area (Å²) in [6.07, 6.45) is 1.08. The van der Waals surface area contributed by atoms with E-state index in [-0.39, 0.29) is 10.8 Å². The summed E-state index contributed by atoms with van der Waals surface area (Å²) in [5.41, 5.74) is 11.9. The number of anilines is 3. The first-order valence-electron chi connectivity index (χ1n) is 20.2. The van der Waals surface area contributed by atoms with Gasteiger partial charge in [-0.3, -0.25) is 0 Å². The quantitative estimate of drug-likeness (QED) is 0.167. The number of aromatic nitrogens is 4. The van der Waals surface area contributed by atoms with E-state index in [2.05, 4.69) is 199 Å². The van der Waals surface area contributed by atoms with E-state index in [1.807, 2.05) is 6.07 Å². The van der Waals surface area contributed by atoms with Gasteiger partial charge in [0.15, 0.2) is 5.58 Å². The van der Waals surface area contributed by atoms with Crippen LogP contribution >= 0.6 is 0 Å². The Kier molecular flexibility index (Phi) is 6.73. The Morgan fingerprint density at radius 1 is 0.517 bits per heavy atom. The van der Waals surface area contributed by atoms with Gasteiger partial charge in [0.25, 0.3) is 0 Å². The molecule has 7 heteroatoms. The van der Waals surface area contributed by atoms with Crippen molar-refractivity contribution in [2.75, 3.05) is 4.90 Å². The molecule has 6 nitrogen and oxygen atoms in total. The lowest BCUT2D eigenvalue weighted by molar-refractivity contribution is 0.403. The molecule has 0 radical (unpaired) electrons. The number of rotatable bonds is 4. The second-order valence-electron chi connectivity index (χ2n) is 17.4. The third-order valence-electron chi connectivity index (χ3n) is 12.9. The standard InChI is InChI=1S/C51H41N5OSi/c1-50(2)32-51(3,4)40-31-45-42(30-39(40)50)53-49-54(44-24-15-21-38-37-20-11-14-25-46(37)57-47(38)44)48-52-41-22-12-13-23-43(41)55(48)58(56(45)49,35-18-9-6-10-19-35)36-28-26-34(27-29-36)33-16-7-5-8-17-33/h5-31H,32H2,1-4H3. The third-order valence-corrected chi connectivity index (χ3v) is 17.4. The lowest BCUT2D eigenvalue weighted by atomic mass is 9.82. The summed E-state index contributed by atoms with van der Waals surface area (Å²) in [5, 5.41) is 4.64. The van der Waals surface area contributed by atoms with Crippen LogP contribution in [0.3, 0.4) is 0 Å². The summed E-state index contributed by atoms with van der Waals surface area (Å²) in [4.78, 5) is 13.6. The average Bonchev–Trinajstić information content (AvgIpc) is 3.98. The van der Waals surface area contributed by atoms with Crippen molar-refractivity contribution < 1.29 is 4.42 Å². The Labute approximate surface area is 337 Å². The van der Waals surface area contributed by atoms with E-state index in [1.165, 1.54) is 32.6 Å². The van der Waals surface area contributed by atoms with Gasteiger partial charge in [0, 0.05) is 10.8 Å². The molecule has 0 saturated heterocycles. The summed E-state index contributed by atoms with van der Waals surface area (Å²) in [7, 11) is -3.38. The molecule has 1 aliphatic heterocycles. The second kappa shape index (κ2) is 11.7. The molecule has 1 aliphatic carbocycles. The van der Waals surface area contributed by atoms with Gasteiger partial charge in [-0.15, -0.1) is 0 Å². The van der Waals surface area contributed by atoms with Gasteiger partial charge >= 0.3 is 8.40 Å². The second-order valence-corrected chi connectivity index (χ2v) is 20.8. The van der Waals surface area contributed by atoms with Crippen LogP contribution in [-0.2, 0) is 10.8 Å². The summed E-state index contributed by atoms with van der Waals surface area (Å²) in [5.74, 6) is 1.67. The van der Waals surface area contributed by atoms with Crippen molar-refractivity contribution in [1.29, 1.82) is 0 Å². The van der Waals surface area contributed by atoms with Gasteiger partial charge in [0.2, 0.25) is 11.9 Å². The van der Waals surface area contributed by atoms with Crippen LogP contribution in [0.5, 0.6) is 0 Å². The van der Waals surface area contributed by atoms with Crippen molar-refractivity contribution in [3.05, 3.63) is 175 Å². The number of hydrogen-bond donors (Lipinski definition) is 0. The molecule has 7 aromatic carbocycles. The van der Waals surface area contributed by atoms with E-state index in [9.17, 15) is 0 Å². The van der Waals surface area contributed by atoms with Crippen molar-refractivity contribution in [3.63, 3.8) is 0 Å². The molecular weight excluding hydrogens is 727 g/mol. The molecule has 4 heterocycles. The molecule has 0 bridgehead atoms. The summed E-state index contributed by atoms with van der Waals surface area (Å²) < 4.78 is 12.0. The van der Waals surface area contributed by atoms with Crippen molar-refractivity contribution in [2.24, 2.45) is 0 Å². The fraction of sp³-hybridized carbons (Fsp3) is 0.137. The maximum absolute atomic E-state index is 6.81. The zero-order valence-electron chi connectivity index (χ0n) is 32.9. The Morgan fingerprint density at radius 3 is 1.88 bits per heavy atom. The number of hydrogen-bond acceptors (Lipinski definition) is 4. The van der Waals surface area contributed by atoms with Gasteiger partial charge in [0.05, 0.1) is 27.8 Å². The van der Waals surface area contributed by atoms with Crippen molar-refractivity contribution in [3.8, 4) is 11.1 Å². The van der Waals surface area contributed by atoms with Crippen molar-refractivity contribution in [2.45, 2.75) is 44.9 Å². The molecule has 12 rings (SSSR count). The first kappa shape index (κ1) is 33.4. The fourth-order valence-corrected chi connectivity index (χ4v) is 15.5. The first-order valence-corrected chi connectivity index (χ1v) is 22.1. The molecule has 0 amide bonds. The van der Waals surface area contributed by atoms with Crippen LogP contribution in [0.2, 0.25) is 0 Å². The van der Waals surface area contributed by atoms with Gasteiger partial charge in [-0.25, -0.2) is 14.9 Å². The summed E-state index contributed by atoms with van der Waals surface area (Å²) in [6.45, 7) is 9.58. The monoisotopic (exact) mass is 767 g/mol. The lowest BCUT2D eigenvalue weighted by Crippen LogP contribution is -2.71. The topological polar surface area (TPSA) is 52.0 Å². The predicted molar refractivity (Wildman–Crippen MR) is 240 cm³/mol. The molecular formula is C51H41N5OSi. The van der Waals surface area contributed by atoms with E-state index < -0.39 is 8.40 Å².